The molecule has 0 aromatic heterocycles. The van der Waals surface area contributed by atoms with E-state index in [1.54, 1.807) is 0 Å². The van der Waals surface area contributed by atoms with Gasteiger partial charge < -0.3 is 10.5 Å². The van der Waals surface area contributed by atoms with Gasteiger partial charge in [-0.05, 0) is 6.42 Å². The second-order valence-corrected chi connectivity index (χ2v) is 3.66. The number of carbonyl (C=O) groups excluding carboxylic acids is 1. The largest absolute Gasteiger partial charge is 0.365 e. The van der Waals surface area contributed by atoms with Gasteiger partial charge in [-0.15, -0.1) is 12.6 Å². The predicted molar refractivity (Wildman–Crippen MR) is 45.6 cm³/mol. The third-order valence-corrected chi connectivity index (χ3v) is 2.13. The maximum absolute atomic E-state index is 11.3. The van der Waals surface area contributed by atoms with Gasteiger partial charge in [0.05, 0.1) is 6.61 Å². The number of ketones is 1. The quantitative estimate of drug-likeness (QED) is 0.368. The van der Waals surface area contributed by atoms with Crippen LogP contribution in [0.2, 0.25) is 0 Å². The van der Waals surface area contributed by atoms with Crippen molar-refractivity contribution in [1.82, 2.24) is 0 Å². The highest BCUT2D eigenvalue weighted by Gasteiger charge is 2.41. The molecule has 0 aliphatic carbocycles. The Morgan fingerprint density at radius 1 is 1.91 bits per heavy atom. The molecule has 0 amide bonds. The molecule has 0 saturated carbocycles. The number of carbonyl (C=O) groups is 1. The molecule has 1 heterocycles. The van der Waals surface area contributed by atoms with Gasteiger partial charge in [0.2, 0.25) is 0 Å². The molecule has 1 aliphatic heterocycles. The molecule has 1 aliphatic rings. The Balaban J connectivity index is 2.47. The molecule has 1 rings (SSSR count). The van der Waals surface area contributed by atoms with Crippen molar-refractivity contribution in [3.8, 4) is 0 Å². The minimum Gasteiger partial charge on any atom is -0.365 e. The Morgan fingerprint density at radius 3 is 2.82 bits per heavy atom. The minimum atomic E-state index is -0.976. The van der Waals surface area contributed by atoms with Gasteiger partial charge in [-0.3, -0.25) is 4.79 Å². The first kappa shape index (κ1) is 9.03. The summed E-state index contributed by atoms with van der Waals surface area (Å²) in [5, 5.41) is 0. The lowest BCUT2D eigenvalue weighted by molar-refractivity contribution is -0.122. The third-order valence-electron chi connectivity index (χ3n) is 1.68. The average molecular weight is 175 g/mol. The molecule has 11 heavy (non-hydrogen) atoms. The van der Waals surface area contributed by atoms with Crippen molar-refractivity contribution >= 4 is 18.4 Å². The van der Waals surface area contributed by atoms with Crippen molar-refractivity contribution in [2.45, 2.75) is 30.7 Å². The van der Waals surface area contributed by atoms with Crippen molar-refractivity contribution in [3.05, 3.63) is 0 Å². The molecule has 1 saturated heterocycles. The lowest BCUT2D eigenvalue weighted by Gasteiger charge is -2.19. The summed E-state index contributed by atoms with van der Waals surface area (Å²) in [4.78, 5) is 10.3. The number of ether oxygens (including phenoxy) is 1. The van der Waals surface area contributed by atoms with E-state index in [0.717, 1.165) is 6.42 Å². The summed E-state index contributed by atoms with van der Waals surface area (Å²) in [6.45, 7) is 2.49. The van der Waals surface area contributed by atoms with Crippen LogP contribution in [-0.4, -0.2) is 23.4 Å². The van der Waals surface area contributed by atoms with Crippen molar-refractivity contribution in [2.75, 3.05) is 6.61 Å². The molecule has 1 fully saturated rings. The Labute approximate surface area is 71.7 Å². The SMILES string of the molecule is CCC[C@](N)(S)C(=O)C1CO1. The molecule has 0 aromatic carbocycles. The van der Waals surface area contributed by atoms with E-state index in [1.807, 2.05) is 6.92 Å². The van der Waals surface area contributed by atoms with Crippen LogP contribution in [0.1, 0.15) is 19.8 Å². The molecule has 64 valence electrons. The van der Waals surface area contributed by atoms with Gasteiger partial charge in [0.25, 0.3) is 0 Å². The van der Waals surface area contributed by atoms with Gasteiger partial charge in [0.1, 0.15) is 11.0 Å². The lowest BCUT2D eigenvalue weighted by Crippen LogP contribution is -2.44. The van der Waals surface area contributed by atoms with Crippen molar-refractivity contribution in [2.24, 2.45) is 5.73 Å². The van der Waals surface area contributed by atoms with E-state index in [-0.39, 0.29) is 11.9 Å². The molecule has 2 N–H and O–H groups in total. The van der Waals surface area contributed by atoms with Crippen LogP contribution in [0.3, 0.4) is 0 Å². The van der Waals surface area contributed by atoms with Gasteiger partial charge in [-0.1, -0.05) is 13.3 Å². The third kappa shape index (κ3) is 2.18. The summed E-state index contributed by atoms with van der Waals surface area (Å²) in [6, 6.07) is 0. The fraction of sp³-hybridized carbons (Fsp3) is 0.857. The summed E-state index contributed by atoms with van der Waals surface area (Å²) >= 11 is 4.09. The predicted octanol–water partition coefficient (Wildman–Crippen LogP) is 0.339. The zero-order valence-electron chi connectivity index (χ0n) is 6.54. The zero-order chi connectivity index (χ0) is 8.48. The van der Waals surface area contributed by atoms with Crippen LogP contribution in [0.4, 0.5) is 0 Å². The molecular formula is C7H13NO2S. The van der Waals surface area contributed by atoms with Crippen LogP contribution in [0.15, 0.2) is 0 Å². The number of rotatable bonds is 4. The van der Waals surface area contributed by atoms with Crippen LogP contribution < -0.4 is 5.73 Å². The first-order chi connectivity index (χ1) is 5.08. The summed E-state index contributed by atoms with van der Waals surface area (Å²) in [7, 11) is 0. The highest BCUT2D eigenvalue weighted by atomic mass is 32.1. The Hall–Kier alpha value is -0.0600. The van der Waals surface area contributed by atoms with Crippen LogP contribution in [0.25, 0.3) is 0 Å². The van der Waals surface area contributed by atoms with Gasteiger partial charge in [0, 0.05) is 0 Å². The zero-order valence-corrected chi connectivity index (χ0v) is 7.43. The smallest absolute Gasteiger partial charge is 0.193 e. The highest BCUT2D eigenvalue weighted by Crippen LogP contribution is 2.23. The van der Waals surface area contributed by atoms with E-state index in [1.165, 1.54) is 0 Å². The van der Waals surface area contributed by atoms with Crippen LogP contribution in [0, 0.1) is 0 Å². The van der Waals surface area contributed by atoms with E-state index >= 15 is 0 Å². The average Bonchev–Trinajstić information content (AvgIpc) is 2.67. The van der Waals surface area contributed by atoms with E-state index in [2.05, 4.69) is 12.6 Å². The number of hydrogen-bond donors (Lipinski definition) is 2. The molecule has 0 spiro atoms. The van der Waals surface area contributed by atoms with Crippen molar-refractivity contribution in [1.29, 1.82) is 0 Å². The Morgan fingerprint density at radius 2 is 2.45 bits per heavy atom. The minimum absolute atomic E-state index is 0.0808. The fourth-order valence-corrected chi connectivity index (χ4v) is 1.35. The summed E-state index contributed by atoms with van der Waals surface area (Å²) in [5.74, 6) is -0.0808. The fourth-order valence-electron chi connectivity index (χ4n) is 0.983. The van der Waals surface area contributed by atoms with Gasteiger partial charge in [-0.2, -0.15) is 0 Å². The van der Waals surface area contributed by atoms with Crippen molar-refractivity contribution in [3.63, 3.8) is 0 Å². The number of hydrogen-bond acceptors (Lipinski definition) is 4. The monoisotopic (exact) mass is 175 g/mol. The number of epoxide rings is 1. The van der Waals surface area contributed by atoms with Gasteiger partial charge in [0.15, 0.2) is 5.78 Å². The standard InChI is InChI=1S/C7H13NO2S/c1-2-3-7(8,11)6(9)5-4-10-5/h5,11H,2-4,8H2,1H3/t5?,7-/m0/s1. The van der Waals surface area contributed by atoms with Crippen LogP contribution >= 0.6 is 12.6 Å². The molecule has 0 radical (unpaired) electrons. The molecule has 0 bridgehead atoms. The van der Waals surface area contributed by atoms with Crippen LogP contribution in [0.5, 0.6) is 0 Å². The Bertz CT molecular complexity index is 166. The highest BCUT2D eigenvalue weighted by molar-refractivity contribution is 7.82. The molecule has 1 unspecified atom stereocenters. The van der Waals surface area contributed by atoms with Gasteiger partial charge >= 0.3 is 0 Å². The van der Waals surface area contributed by atoms with Gasteiger partial charge in [-0.25, -0.2) is 0 Å². The molecule has 2 atom stereocenters. The molecular weight excluding hydrogens is 162 g/mol. The summed E-state index contributed by atoms with van der Waals surface area (Å²) < 4.78 is 4.82. The number of Topliss-reactive ketones (excluding diaryl/α,β-unsaturated/α-hetero) is 1. The Kier molecular flexibility index (Phi) is 2.57. The first-order valence-electron chi connectivity index (χ1n) is 3.75. The summed E-state index contributed by atoms with van der Waals surface area (Å²) in [5.41, 5.74) is 5.65. The maximum atomic E-state index is 11.3. The first-order valence-corrected chi connectivity index (χ1v) is 4.20. The topological polar surface area (TPSA) is 55.6 Å². The molecule has 0 aromatic rings. The molecule has 4 heteroatoms. The van der Waals surface area contributed by atoms with E-state index in [0.29, 0.717) is 13.0 Å². The number of nitrogens with two attached hydrogens (primary N) is 1. The van der Waals surface area contributed by atoms with Crippen molar-refractivity contribution < 1.29 is 9.53 Å². The van der Waals surface area contributed by atoms with E-state index in [4.69, 9.17) is 10.5 Å². The van der Waals surface area contributed by atoms with E-state index in [9.17, 15) is 4.79 Å². The second-order valence-electron chi connectivity index (χ2n) is 2.86. The normalized spacial score (nSPS) is 27.7. The molecule has 3 nitrogen and oxygen atoms in total. The second kappa shape index (κ2) is 3.13. The van der Waals surface area contributed by atoms with E-state index < -0.39 is 4.87 Å². The number of thiol groups is 1. The lowest BCUT2D eigenvalue weighted by atomic mass is 10.1. The van der Waals surface area contributed by atoms with Crippen LogP contribution in [-0.2, 0) is 9.53 Å². The maximum Gasteiger partial charge on any atom is 0.193 e. The summed E-state index contributed by atoms with van der Waals surface area (Å²) in [6.07, 6.45) is 1.19.